The molecule has 0 N–H and O–H groups in total. The molecule has 0 amide bonds. The van der Waals surface area contributed by atoms with Crippen LogP contribution >= 0.6 is 22.0 Å². The van der Waals surface area contributed by atoms with Gasteiger partial charge < -0.3 is 4.74 Å². The maximum absolute atomic E-state index is 12.5. The first-order valence-corrected chi connectivity index (χ1v) is 7.89. The second kappa shape index (κ2) is 4.90. The molecular formula is C8H5ClF3N3O3S2. The molecule has 0 bridgehead atoms. The van der Waals surface area contributed by atoms with Gasteiger partial charge in [-0.15, -0.1) is 5.10 Å². The van der Waals surface area contributed by atoms with E-state index in [0.717, 1.165) is 13.2 Å². The van der Waals surface area contributed by atoms with Crippen molar-refractivity contribution in [1.82, 2.24) is 14.8 Å². The van der Waals surface area contributed by atoms with Gasteiger partial charge in [0.25, 0.3) is 14.2 Å². The summed E-state index contributed by atoms with van der Waals surface area (Å²) in [6, 6.07) is 0.677. The Hall–Kier alpha value is -1.33. The minimum atomic E-state index is -4.57. The standard InChI is InChI=1S/C8H5ClF3N3O3S2/c1-15-4(8(10,11)12)2-5(14-15)18-7-13-3-6(19-7)20(9,16)17/h2-3H,1H3. The maximum atomic E-state index is 12.5. The predicted molar refractivity (Wildman–Crippen MR) is 63.4 cm³/mol. The molecule has 2 aromatic rings. The van der Waals surface area contributed by atoms with Crippen LogP contribution in [0.4, 0.5) is 13.2 Å². The summed E-state index contributed by atoms with van der Waals surface area (Å²) in [6.45, 7) is 0. The van der Waals surface area contributed by atoms with E-state index in [4.69, 9.17) is 15.4 Å². The summed E-state index contributed by atoms with van der Waals surface area (Å²) in [7, 11) is 2.23. The molecule has 0 saturated carbocycles. The Morgan fingerprint density at radius 2 is 2.10 bits per heavy atom. The first-order valence-electron chi connectivity index (χ1n) is 4.77. The lowest BCUT2D eigenvalue weighted by Crippen LogP contribution is -2.11. The summed E-state index contributed by atoms with van der Waals surface area (Å²) in [4.78, 5) is 3.58. The van der Waals surface area contributed by atoms with Crippen molar-refractivity contribution in [2.24, 2.45) is 7.05 Å². The van der Waals surface area contributed by atoms with Crippen LogP contribution in [0.2, 0.25) is 0 Å². The minimum absolute atomic E-state index is 0.184. The lowest BCUT2D eigenvalue weighted by atomic mass is 10.4. The highest BCUT2D eigenvalue weighted by Crippen LogP contribution is 2.34. The van der Waals surface area contributed by atoms with E-state index >= 15 is 0 Å². The Balaban J connectivity index is 2.25. The number of ether oxygens (including phenoxy) is 1. The number of thiazole rings is 1. The molecule has 110 valence electrons. The lowest BCUT2D eigenvalue weighted by Gasteiger charge is -2.04. The Labute approximate surface area is 119 Å². The average Bonchev–Trinajstić information content (AvgIpc) is 2.84. The SMILES string of the molecule is Cn1nc(Oc2ncc(S(=O)(=O)Cl)s2)cc1C(F)(F)F. The zero-order valence-corrected chi connectivity index (χ0v) is 11.9. The van der Waals surface area contributed by atoms with Crippen LogP contribution in [0.5, 0.6) is 11.1 Å². The van der Waals surface area contributed by atoms with Gasteiger partial charge in [-0.25, -0.2) is 13.4 Å². The highest BCUT2D eigenvalue weighted by atomic mass is 35.7. The monoisotopic (exact) mass is 347 g/mol. The summed E-state index contributed by atoms with van der Waals surface area (Å²) < 4.78 is 64.9. The van der Waals surface area contributed by atoms with Gasteiger partial charge in [-0.05, 0) is 0 Å². The molecule has 0 spiro atoms. The summed E-state index contributed by atoms with van der Waals surface area (Å²) in [5, 5.41) is 3.32. The van der Waals surface area contributed by atoms with Crippen molar-refractivity contribution in [3.05, 3.63) is 18.0 Å². The van der Waals surface area contributed by atoms with E-state index in [9.17, 15) is 21.6 Å². The van der Waals surface area contributed by atoms with Gasteiger partial charge in [0.05, 0.1) is 6.20 Å². The summed E-state index contributed by atoms with van der Waals surface area (Å²) in [5.74, 6) is -0.354. The normalized spacial score (nSPS) is 12.7. The third-order valence-corrected chi connectivity index (χ3v) is 4.98. The molecule has 2 rings (SSSR count). The molecule has 2 aromatic heterocycles. The first kappa shape index (κ1) is 15.1. The molecule has 0 fully saturated rings. The van der Waals surface area contributed by atoms with Gasteiger partial charge >= 0.3 is 6.18 Å². The second-order valence-corrected chi connectivity index (χ2v) is 7.26. The maximum Gasteiger partial charge on any atom is 0.433 e. The van der Waals surface area contributed by atoms with Crippen LogP contribution in [0.25, 0.3) is 0 Å². The minimum Gasteiger partial charge on any atom is -0.410 e. The molecule has 0 atom stereocenters. The van der Waals surface area contributed by atoms with Crippen LogP contribution in [0, 0.1) is 0 Å². The molecule has 20 heavy (non-hydrogen) atoms. The highest BCUT2D eigenvalue weighted by Gasteiger charge is 2.35. The molecule has 0 aromatic carbocycles. The van der Waals surface area contributed by atoms with E-state index in [2.05, 4.69) is 10.1 Å². The van der Waals surface area contributed by atoms with Crippen molar-refractivity contribution in [3.63, 3.8) is 0 Å². The number of aromatic nitrogens is 3. The van der Waals surface area contributed by atoms with Crippen LogP contribution in [0.1, 0.15) is 5.69 Å². The third-order valence-electron chi connectivity index (χ3n) is 2.04. The zero-order valence-electron chi connectivity index (χ0n) is 9.55. The summed E-state index contributed by atoms with van der Waals surface area (Å²) in [5.41, 5.74) is -1.01. The molecule has 0 aliphatic heterocycles. The Morgan fingerprint density at radius 3 is 2.55 bits per heavy atom. The highest BCUT2D eigenvalue weighted by molar-refractivity contribution is 8.15. The quantitative estimate of drug-likeness (QED) is 0.798. The fourth-order valence-corrected chi connectivity index (χ4v) is 2.95. The summed E-state index contributed by atoms with van der Waals surface area (Å²) >= 11 is 0.574. The van der Waals surface area contributed by atoms with E-state index in [1.807, 2.05) is 0 Å². The molecular weight excluding hydrogens is 343 g/mol. The topological polar surface area (TPSA) is 74.1 Å². The van der Waals surface area contributed by atoms with Gasteiger partial charge in [-0.2, -0.15) is 13.2 Å². The van der Waals surface area contributed by atoms with Gasteiger partial charge in [-0.3, -0.25) is 4.68 Å². The van der Waals surface area contributed by atoms with E-state index in [0.29, 0.717) is 22.1 Å². The van der Waals surface area contributed by atoms with Crippen LogP contribution in [-0.4, -0.2) is 23.2 Å². The molecule has 0 unspecified atom stereocenters. The molecule has 6 nitrogen and oxygen atoms in total. The second-order valence-electron chi connectivity index (χ2n) is 3.47. The number of alkyl halides is 3. The number of hydrogen-bond donors (Lipinski definition) is 0. The molecule has 0 aliphatic carbocycles. The Morgan fingerprint density at radius 1 is 1.45 bits per heavy atom. The van der Waals surface area contributed by atoms with Crippen molar-refractivity contribution >= 4 is 31.1 Å². The third kappa shape index (κ3) is 3.22. The van der Waals surface area contributed by atoms with Crippen molar-refractivity contribution in [3.8, 4) is 11.1 Å². The number of halogens is 4. The van der Waals surface area contributed by atoms with Crippen LogP contribution < -0.4 is 4.74 Å². The summed E-state index contributed by atoms with van der Waals surface area (Å²) in [6.07, 6.45) is -3.63. The number of rotatable bonds is 3. The Bertz CT molecular complexity index is 738. The number of hydrogen-bond acceptors (Lipinski definition) is 6. The van der Waals surface area contributed by atoms with Crippen LogP contribution in [0.3, 0.4) is 0 Å². The van der Waals surface area contributed by atoms with Gasteiger partial charge in [0.2, 0.25) is 5.88 Å². The van der Waals surface area contributed by atoms with Crippen molar-refractivity contribution in [1.29, 1.82) is 0 Å². The number of aryl methyl sites for hydroxylation is 1. The van der Waals surface area contributed by atoms with Gasteiger partial charge in [0.1, 0.15) is 5.69 Å². The van der Waals surface area contributed by atoms with Crippen molar-refractivity contribution in [2.75, 3.05) is 0 Å². The van der Waals surface area contributed by atoms with Crippen molar-refractivity contribution in [2.45, 2.75) is 10.4 Å². The smallest absolute Gasteiger partial charge is 0.410 e. The number of nitrogens with zero attached hydrogens (tertiary/aromatic N) is 3. The van der Waals surface area contributed by atoms with E-state index in [-0.39, 0.29) is 15.3 Å². The lowest BCUT2D eigenvalue weighted by molar-refractivity contribution is -0.143. The fourth-order valence-electron chi connectivity index (χ4n) is 1.25. The van der Waals surface area contributed by atoms with Crippen LogP contribution in [-0.2, 0) is 22.3 Å². The molecule has 12 heteroatoms. The molecule has 2 heterocycles. The average molecular weight is 348 g/mol. The van der Waals surface area contributed by atoms with Crippen molar-refractivity contribution < 1.29 is 26.3 Å². The van der Waals surface area contributed by atoms with Gasteiger partial charge in [0, 0.05) is 23.8 Å². The Kier molecular flexibility index (Phi) is 3.69. The van der Waals surface area contributed by atoms with Gasteiger partial charge in [0.15, 0.2) is 4.21 Å². The van der Waals surface area contributed by atoms with Crippen LogP contribution in [0.15, 0.2) is 16.5 Å². The zero-order chi connectivity index (χ0) is 15.1. The first-order chi connectivity index (χ1) is 9.07. The van der Waals surface area contributed by atoms with Gasteiger partial charge in [-0.1, -0.05) is 11.3 Å². The van der Waals surface area contributed by atoms with E-state index < -0.39 is 20.9 Å². The predicted octanol–water partition coefficient (Wildman–Crippen LogP) is 2.62. The van der Waals surface area contributed by atoms with E-state index in [1.54, 1.807) is 0 Å². The molecule has 0 aliphatic rings. The van der Waals surface area contributed by atoms with E-state index in [1.165, 1.54) is 0 Å². The molecule has 0 radical (unpaired) electrons. The largest absolute Gasteiger partial charge is 0.433 e. The fraction of sp³-hybridized carbons (Fsp3) is 0.250. The molecule has 0 saturated heterocycles.